The molecule has 0 spiro atoms. The van der Waals surface area contributed by atoms with Crippen molar-refractivity contribution in [3.05, 3.63) is 236 Å². The van der Waals surface area contributed by atoms with E-state index in [9.17, 15) is 0 Å². The van der Waals surface area contributed by atoms with Crippen molar-refractivity contribution in [2.45, 2.75) is 19.3 Å². The third kappa shape index (κ3) is 5.79. The highest BCUT2D eigenvalue weighted by molar-refractivity contribution is 6.27. The molecule has 2 heterocycles. The molecular weight excluding hydrogens is 827 g/mol. The minimum absolute atomic E-state index is 0.137. The van der Waals surface area contributed by atoms with Crippen molar-refractivity contribution in [3.63, 3.8) is 0 Å². The Kier molecular flexibility index (Phi) is 8.33. The van der Waals surface area contributed by atoms with Crippen LogP contribution in [0.3, 0.4) is 0 Å². The maximum Gasteiger partial charge on any atom is 0.143 e. The largest absolute Gasteiger partial charge is 0.456 e. The van der Waals surface area contributed by atoms with E-state index in [1.165, 1.54) is 60.5 Å². The highest BCUT2D eigenvalue weighted by atomic mass is 16.3. The van der Waals surface area contributed by atoms with Crippen molar-refractivity contribution in [2.75, 3.05) is 4.90 Å². The van der Waals surface area contributed by atoms with Gasteiger partial charge in [-0.2, -0.15) is 0 Å². The van der Waals surface area contributed by atoms with Gasteiger partial charge in [0.2, 0.25) is 0 Å². The zero-order valence-electron chi connectivity index (χ0n) is 37.6. The SMILES string of the molecule is CC1(C)c2ccccc2-c2ccc(N(c3ccc(-c4ccccc4)cc3)c3ccc(-c4cc(-c5cc6ccccc6c6ccccc56)cc5c4oc4ccc6oc7ccccc7c6c45)cc3)cc21. The fraction of sp³-hybridized carbons (Fsp3) is 0.0462. The summed E-state index contributed by atoms with van der Waals surface area (Å²) in [7, 11) is 0. The molecule has 68 heavy (non-hydrogen) atoms. The number of furan rings is 2. The van der Waals surface area contributed by atoms with Gasteiger partial charge in [-0.3, -0.25) is 0 Å². The number of hydrogen-bond acceptors (Lipinski definition) is 3. The molecule has 13 aromatic rings. The topological polar surface area (TPSA) is 29.5 Å². The molecule has 14 rings (SSSR count). The Labute approximate surface area is 393 Å². The van der Waals surface area contributed by atoms with E-state index < -0.39 is 0 Å². The number of hydrogen-bond donors (Lipinski definition) is 0. The molecule has 0 aliphatic heterocycles. The highest BCUT2D eigenvalue weighted by Crippen LogP contribution is 2.51. The van der Waals surface area contributed by atoms with Gasteiger partial charge in [0, 0.05) is 49.6 Å². The van der Waals surface area contributed by atoms with Crippen LogP contribution in [0.2, 0.25) is 0 Å². The Hall–Kier alpha value is -8.66. The first kappa shape index (κ1) is 38.6. The van der Waals surface area contributed by atoms with Gasteiger partial charge in [-0.1, -0.05) is 166 Å². The van der Waals surface area contributed by atoms with Crippen molar-refractivity contribution in [1.82, 2.24) is 0 Å². The normalized spacial score (nSPS) is 13.0. The van der Waals surface area contributed by atoms with Crippen molar-refractivity contribution in [2.24, 2.45) is 0 Å². The van der Waals surface area contributed by atoms with Crippen LogP contribution in [0.15, 0.2) is 233 Å². The van der Waals surface area contributed by atoms with Crippen molar-refractivity contribution in [1.29, 1.82) is 0 Å². The van der Waals surface area contributed by atoms with E-state index in [1.54, 1.807) is 0 Å². The molecule has 0 bridgehead atoms. The van der Waals surface area contributed by atoms with Crippen molar-refractivity contribution in [3.8, 4) is 44.5 Å². The zero-order chi connectivity index (χ0) is 45.1. The van der Waals surface area contributed by atoms with Crippen LogP contribution in [0.5, 0.6) is 0 Å². The predicted molar refractivity (Wildman–Crippen MR) is 285 cm³/mol. The highest BCUT2D eigenvalue weighted by Gasteiger charge is 2.36. The summed E-state index contributed by atoms with van der Waals surface area (Å²) in [6.07, 6.45) is 0. The molecule has 1 aliphatic rings. The molecule has 0 radical (unpaired) electrons. The van der Waals surface area contributed by atoms with Gasteiger partial charge in [0.15, 0.2) is 0 Å². The van der Waals surface area contributed by atoms with E-state index in [2.05, 4.69) is 225 Å². The quantitative estimate of drug-likeness (QED) is 0.156. The molecule has 0 N–H and O–H groups in total. The summed E-state index contributed by atoms with van der Waals surface area (Å²) >= 11 is 0. The summed E-state index contributed by atoms with van der Waals surface area (Å²) in [5, 5.41) is 9.21. The molecule has 0 saturated heterocycles. The number of fused-ring (bicyclic) bond motifs is 13. The molecular formula is C65H43NO2. The Bertz CT molecular complexity index is 4150. The number of benzene rings is 11. The standard InChI is InChI=1S/C65H43NO2/c1-65(2)57-22-12-10-20-51(57)52-33-32-47(39-58(52)65)66(45-28-24-41(25-29-45)40-14-4-3-5-15-40)46-30-26-42(27-31-46)55-37-44(54-36-43-16-6-7-17-48(43)49-18-8-9-19-50(49)54)38-56-63-61(68-64(55)56)35-34-60-62(63)53-21-11-13-23-59(53)67-60/h3-39H,1-2H3. The van der Waals surface area contributed by atoms with Gasteiger partial charge >= 0.3 is 0 Å². The van der Waals surface area contributed by atoms with E-state index in [1.807, 2.05) is 18.2 Å². The van der Waals surface area contributed by atoms with Crippen LogP contribution >= 0.6 is 0 Å². The number of nitrogens with zero attached hydrogens (tertiary/aromatic N) is 1. The van der Waals surface area contributed by atoms with E-state index in [0.717, 1.165) is 77.6 Å². The van der Waals surface area contributed by atoms with E-state index in [0.29, 0.717) is 0 Å². The van der Waals surface area contributed by atoms with Gasteiger partial charge < -0.3 is 13.7 Å². The Morgan fingerprint density at radius 2 is 0.912 bits per heavy atom. The molecule has 11 aromatic carbocycles. The fourth-order valence-corrected chi connectivity index (χ4v) is 11.3. The Balaban J connectivity index is 0.974. The minimum Gasteiger partial charge on any atom is -0.456 e. The molecule has 0 fully saturated rings. The number of rotatable bonds is 6. The first-order chi connectivity index (χ1) is 33.5. The lowest BCUT2D eigenvalue weighted by Gasteiger charge is -2.28. The fourth-order valence-electron chi connectivity index (χ4n) is 11.3. The van der Waals surface area contributed by atoms with E-state index in [-0.39, 0.29) is 5.41 Å². The van der Waals surface area contributed by atoms with Crippen LogP contribution in [-0.2, 0) is 5.41 Å². The van der Waals surface area contributed by atoms with Gasteiger partial charge in [-0.05, 0) is 144 Å². The Morgan fingerprint density at radius 1 is 0.324 bits per heavy atom. The number of anilines is 3. The molecule has 2 aromatic heterocycles. The van der Waals surface area contributed by atoms with Crippen molar-refractivity contribution >= 4 is 82.5 Å². The van der Waals surface area contributed by atoms with Crippen LogP contribution in [-0.4, -0.2) is 0 Å². The average molecular weight is 870 g/mol. The summed E-state index contributed by atoms with van der Waals surface area (Å²) in [5.41, 5.74) is 18.7. The molecule has 0 atom stereocenters. The third-order valence-electron chi connectivity index (χ3n) is 14.6. The first-order valence-electron chi connectivity index (χ1n) is 23.5. The monoisotopic (exact) mass is 869 g/mol. The maximum absolute atomic E-state index is 7.01. The summed E-state index contributed by atoms with van der Waals surface area (Å²) in [5.74, 6) is 0. The lowest BCUT2D eigenvalue weighted by molar-refractivity contribution is 0.660. The molecule has 0 unspecified atom stereocenters. The molecule has 1 aliphatic carbocycles. The van der Waals surface area contributed by atoms with Gasteiger partial charge in [-0.25, -0.2) is 0 Å². The third-order valence-corrected chi connectivity index (χ3v) is 14.6. The van der Waals surface area contributed by atoms with Gasteiger partial charge in [0.1, 0.15) is 22.3 Å². The smallest absolute Gasteiger partial charge is 0.143 e. The minimum atomic E-state index is -0.137. The van der Waals surface area contributed by atoms with E-state index in [4.69, 9.17) is 8.83 Å². The van der Waals surface area contributed by atoms with Gasteiger partial charge in [0.05, 0.1) is 0 Å². The van der Waals surface area contributed by atoms with Crippen LogP contribution in [0, 0.1) is 0 Å². The summed E-state index contributed by atoms with van der Waals surface area (Å²) in [4.78, 5) is 2.40. The van der Waals surface area contributed by atoms with Crippen LogP contribution in [0.1, 0.15) is 25.0 Å². The lowest BCUT2D eigenvalue weighted by Crippen LogP contribution is -2.16. The van der Waals surface area contributed by atoms with Crippen molar-refractivity contribution < 1.29 is 8.83 Å². The molecule has 0 saturated carbocycles. The number of para-hydroxylation sites is 1. The van der Waals surface area contributed by atoms with Gasteiger partial charge in [-0.15, -0.1) is 0 Å². The summed E-state index contributed by atoms with van der Waals surface area (Å²) < 4.78 is 13.5. The first-order valence-corrected chi connectivity index (χ1v) is 23.5. The van der Waals surface area contributed by atoms with Crippen LogP contribution < -0.4 is 4.90 Å². The maximum atomic E-state index is 7.01. The Morgan fingerprint density at radius 3 is 1.71 bits per heavy atom. The molecule has 320 valence electrons. The second-order valence-electron chi connectivity index (χ2n) is 18.8. The molecule has 3 heteroatoms. The van der Waals surface area contributed by atoms with Gasteiger partial charge in [0.25, 0.3) is 0 Å². The second kappa shape index (κ2) is 14.7. The van der Waals surface area contributed by atoms with E-state index >= 15 is 0 Å². The summed E-state index contributed by atoms with van der Waals surface area (Å²) in [6.45, 7) is 4.70. The predicted octanol–water partition coefficient (Wildman–Crippen LogP) is 18.6. The molecule has 0 amide bonds. The van der Waals surface area contributed by atoms with Crippen LogP contribution in [0.4, 0.5) is 17.1 Å². The molecule has 3 nitrogen and oxygen atoms in total. The summed E-state index contributed by atoms with van der Waals surface area (Å²) in [6, 6.07) is 81.5. The zero-order valence-corrected chi connectivity index (χ0v) is 37.6. The average Bonchev–Trinajstić information content (AvgIpc) is 4.04. The second-order valence-corrected chi connectivity index (χ2v) is 18.8. The lowest BCUT2D eigenvalue weighted by atomic mass is 9.82. The van der Waals surface area contributed by atoms with Crippen LogP contribution in [0.25, 0.3) is 110 Å².